The number of carbonyl (C=O) groups excluding carboxylic acids is 1. The number of nitrogens with one attached hydrogen (secondary N) is 1. The van der Waals surface area contributed by atoms with Crippen LogP contribution in [0.2, 0.25) is 0 Å². The molecule has 2 N–H and O–H groups in total. The van der Waals surface area contributed by atoms with Crippen molar-refractivity contribution in [1.82, 2.24) is 14.9 Å². The zero-order valence-electron chi connectivity index (χ0n) is 11.0. The van der Waals surface area contributed by atoms with Crippen LogP contribution in [0.1, 0.15) is 6.42 Å². The van der Waals surface area contributed by atoms with Crippen molar-refractivity contribution in [2.45, 2.75) is 13.0 Å². The molecule has 2 bridgehead atoms. The molecule has 0 radical (unpaired) electrons. The summed E-state index contributed by atoms with van der Waals surface area (Å²) in [7, 11) is 0. The van der Waals surface area contributed by atoms with E-state index >= 15 is 0 Å². The highest BCUT2D eigenvalue weighted by atomic mass is 16.4. The third kappa shape index (κ3) is 2.21. The van der Waals surface area contributed by atoms with Gasteiger partial charge >= 0.3 is 5.97 Å². The van der Waals surface area contributed by atoms with Crippen LogP contribution in [0.25, 0.3) is 0 Å². The summed E-state index contributed by atoms with van der Waals surface area (Å²) in [6, 6.07) is 0. The molecular formula is C14H17N3O3. The average molecular weight is 275 g/mol. The zero-order chi connectivity index (χ0) is 14.1. The second kappa shape index (κ2) is 5.11. The Balaban J connectivity index is 1.59. The Morgan fingerprint density at radius 3 is 2.70 bits per heavy atom. The summed E-state index contributed by atoms with van der Waals surface area (Å²) in [5, 5.41) is 12.2. The van der Waals surface area contributed by atoms with E-state index in [0.29, 0.717) is 13.1 Å². The number of carbonyl (C=O) groups is 2. The van der Waals surface area contributed by atoms with Crippen LogP contribution in [0.4, 0.5) is 0 Å². The molecule has 2 unspecified atom stereocenters. The first-order valence-corrected chi connectivity index (χ1v) is 6.81. The number of allylic oxidation sites excluding steroid dienone is 2. The second-order valence-electron chi connectivity index (χ2n) is 5.43. The van der Waals surface area contributed by atoms with Gasteiger partial charge in [0.05, 0.1) is 18.2 Å². The normalized spacial score (nSPS) is 30.6. The molecule has 1 amide bonds. The number of carboxylic acid groups (broad SMARTS) is 1. The van der Waals surface area contributed by atoms with E-state index in [4.69, 9.17) is 0 Å². The van der Waals surface area contributed by atoms with Gasteiger partial charge in [0.2, 0.25) is 5.91 Å². The summed E-state index contributed by atoms with van der Waals surface area (Å²) < 4.78 is 1.87. The quantitative estimate of drug-likeness (QED) is 0.767. The lowest BCUT2D eigenvalue weighted by atomic mass is 9.82. The Labute approximate surface area is 116 Å². The highest BCUT2D eigenvalue weighted by Crippen LogP contribution is 2.48. The van der Waals surface area contributed by atoms with E-state index < -0.39 is 17.8 Å². The van der Waals surface area contributed by atoms with E-state index in [1.165, 1.54) is 0 Å². The van der Waals surface area contributed by atoms with Gasteiger partial charge in [0, 0.05) is 25.5 Å². The predicted molar refractivity (Wildman–Crippen MR) is 70.6 cm³/mol. The standard InChI is InChI=1S/C14H17N3O3/c18-13(16-4-6-17-5-3-15-8-17)11-9-1-2-10(7-9)12(11)14(19)20/h1-3,5,8-12H,4,6-7H2,(H,16,18)(H,19,20)/t9?,10?,11-,12+/m0/s1. The van der Waals surface area contributed by atoms with Crippen molar-refractivity contribution in [3.05, 3.63) is 30.9 Å². The highest BCUT2D eigenvalue weighted by Gasteiger charge is 2.51. The number of aliphatic carboxylic acids is 1. The van der Waals surface area contributed by atoms with Gasteiger partial charge < -0.3 is 15.0 Å². The molecule has 2 aliphatic rings. The number of imidazole rings is 1. The maximum Gasteiger partial charge on any atom is 0.307 e. The van der Waals surface area contributed by atoms with E-state index in [1.54, 1.807) is 12.5 Å². The Hall–Kier alpha value is -2.11. The maximum atomic E-state index is 12.2. The Morgan fingerprint density at radius 2 is 2.05 bits per heavy atom. The minimum atomic E-state index is -0.864. The van der Waals surface area contributed by atoms with Crippen LogP contribution in [-0.4, -0.2) is 33.1 Å². The third-order valence-corrected chi connectivity index (χ3v) is 4.28. The molecule has 106 valence electrons. The van der Waals surface area contributed by atoms with Crippen molar-refractivity contribution in [2.75, 3.05) is 6.54 Å². The molecule has 0 aromatic carbocycles. The first-order valence-electron chi connectivity index (χ1n) is 6.81. The number of rotatable bonds is 5. The predicted octanol–water partition coefficient (Wildman–Crippen LogP) is 0.522. The molecule has 0 spiro atoms. The molecule has 1 fully saturated rings. The van der Waals surface area contributed by atoms with Crippen LogP contribution in [0.5, 0.6) is 0 Å². The summed E-state index contributed by atoms with van der Waals surface area (Å²) in [4.78, 5) is 27.5. The van der Waals surface area contributed by atoms with Gasteiger partial charge in [0.25, 0.3) is 0 Å². The Bertz CT molecular complexity index is 538. The lowest BCUT2D eigenvalue weighted by molar-refractivity contribution is -0.147. The van der Waals surface area contributed by atoms with E-state index in [2.05, 4.69) is 10.3 Å². The molecule has 6 nitrogen and oxygen atoms in total. The van der Waals surface area contributed by atoms with Gasteiger partial charge in [-0.15, -0.1) is 0 Å². The van der Waals surface area contributed by atoms with Gasteiger partial charge in [-0.25, -0.2) is 4.98 Å². The topological polar surface area (TPSA) is 84.2 Å². The van der Waals surface area contributed by atoms with Crippen LogP contribution in [0.3, 0.4) is 0 Å². The van der Waals surface area contributed by atoms with Gasteiger partial charge in [0.15, 0.2) is 0 Å². The van der Waals surface area contributed by atoms with Gasteiger partial charge in [-0.2, -0.15) is 0 Å². The van der Waals surface area contributed by atoms with Gasteiger partial charge in [-0.1, -0.05) is 12.2 Å². The fourth-order valence-electron chi connectivity index (χ4n) is 3.36. The molecule has 2 aliphatic carbocycles. The van der Waals surface area contributed by atoms with Crippen molar-refractivity contribution >= 4 is 11.9 Å². The molecular weight excluding hydrogens is 258 g/mol. The number of carboxylic acids is 1. The first-order chi connectivity index (χ1) is 9.66. The van der Waals surface area contributed by atoms with Crippen molar-refractivity contribution < 1.29 is 14.7 Å². The molecule has 6 heteroatoms. The van der Waals surface area contributed by atoms with E-state index in [-0.39, 0.29) is 17.7 Å². The molecule has 0 saturated heterocycles. The van der Waals surface area contributed by atoms with E-state index in [1.807, 2.05) is 22.9 Å². The van der Waals surface area contributed by atoms with E-state index in [0.717, 1.165) is 6.42 Å². The molecule has 20 heavy (non-hydrogen) atoms. The minimum Gasteiger partial charge on any atom is -0.481 e. The highest BCUT2D eigenvalue weighted by molar-refractivity contribution is 5.86. The lowest BCUT2D eigenvalue weighted by Crippen LogP contribution is -2.41. The van der Waals surface area contributed by atoms with Gasteiger partial charge in [-0.05, 0) is 18.3 Å². The van der Waals surface area contributed by atoms with Crippen molar-refractivity contribution in [3.8, 4) is 0 Å². The molecule has 1 aromatic heterocycles. The first kappa shape index (κ1) is 12.9. The summed E-state index contributed by atoms with van der Waals surface area (Å²) >= 11 is 0. The number of amides is 1. The zero-order valence-corrected chi connectivity index (χ0v) is 11.0. The number of nitrogens with zero attached hydrogens (tertiary/aromatic N) is 2. The minimum absolute atomic E-state index is 0.0156. The largest absolute Gasteiger partial charge is 0.481 e. The van der Waals surface area contributed by atoms with Crippen molar-refractivity contribution in [2.24, 2.45) is 23.7 Å². The molecule has 1 saturated carbocycles. The van der Waals surface area contributed by atoms with Crippen molar-refractivity contribution in [1.29, 1.82) is 0 Å². The Morgan fingerprint density at radius 1 is 1.30 bits per heavy atom. The Kier molecular flexibility index (Phi) is 3.30. The molecule has 0 aliphatic heterocycles. The van der Waals surface area contributed by atoms with E-state index in [9.17, 15) is 14.7 Å². The molecule has 3 rings (SSSR count). The molecule has 1 heterocycles. The van der Waals surface area contributed by atoms with Crippen LogP contribution in [0, 0.1) is 23.7 Å². The average Bonchev–Trinajstić information content (AvgIpc) is 3.13. The molecule has 1 aromatic rings. The third-order valence-electron chi connectivity index (χ3n) is 4.28. The van der Waals surface area contributed by atoms with Gasteiger partial charge in [0.1, 0.15) is 0 Å². The van der Waals surface area contributed by atoms with Crippen LogP contribution >= 0.6 is 0 Å². The fourth-order valence-corrected chi connectivity index (χ4v) is 3.36. The maximum absolute atomic E-state index is 12.2. The number of hydrogen-bond acceptors (Lipinski definition) is 3. The SMILES string of the molecule is O=C(O)[C@@H]1C2C=CC(C2)[C@@H]1C(=O)NCCn1ccnc1. The van der Waals surface area contributed by atoms with Gasteiger partial charge in [-0.3, -0.25) is 9.59 Å². The summed E-state index contributed by atoms with van der Waals surface area (Å²) in [5.74, 6) is -1.91. The molecule has 4 atom stereocenters. The van der Waals surface area contributed by atoms with Crippen LogP contribution in [0.15, 0.2) is 30.9 Å². The smallest absolute Gasteiger partial charge is 0.307 e. The summed E-state index contributed by atoms with van der Waals surface area (Å²) in [6.45, 7) is 1.12. The summed E-state index contributed by atoms with van der Waals surface area (Å²) in [5.41, 5.74) is 0. The van der Waals surface area contributed by atoms with Crippen LogP contribution < -0.4 is 5.32 Å². The van der Waals surface area contributed by atoms with Crippen LogP contribution in [-0.2, 0) is 16.1 Å². The summed E-state index contributed by atoms with van der Waals surface area (Å²) in [6.07, 6.45) is 9.92. The fraction of sp³-hybridized carbons (Fsp3) is 0.500. The lowest BCUT2D eigenvalue weighted by Gasteiger charge is -2.23. The van der Waals surface area contributed by atoms with Crippen molar-refractivity contribution in [3.63, 3.8) is 0 Å². The second-order valence-corrected chi connectivity index (χ2v) is 5.43. The number of fused-ring (bicyclic) bond motifs is 2. The number of aromatic nitrogens is 2. The monoisotopic (exact) mass is 275 g/mol. The number of hydrogen-bond donors (Lipinski definition) is 2.